The van der Waals surface area contributed by atoms with Crippen molar-refractivity contribution in [3.8, 4) is 33.6 Å². The lowest BCUT2D eigenvalue weighted by molar-refractivity contribution is -0.126. The van der Waals surface area contributed by atoms with Gasteiger partial charge in [-0.2, -0.15) is 10.2 Å². The summed E-state index contributed by atoms with van der Waals surface area (Å²) in [5.74, 6) is 0.984. The van der Waals surface area contributed by atoms with Gasteiger partial charge in [-0.15, -0.1) is 0 Å². The molecule has 1 saturated heterocycles. The van der Waals surface area contributed by atoms with Crippen molar-refractivity contribution < 1.29 is 4.79 Å². The van der Waals surface area contributed by atoms with Gasteiger partial charge >= 0.3 is 0 Å². The van der Waals surface area contributed by atoms with Gasteiger partial charge in [0, 0.05) is 74.1 Å². The van der Waals surface area contributed by atoms with Crippen LogP contribution in [0.4, 0.5) is 0 Å². The number of benzene rings is 1. The molecule has 35 heavy (non-hydrogen) atoms. The molecule has 4 heterocycles. The molecule has 4 aromatic rings. The Labute approximate surface area is 204 Å². The van der Waals surface area contributed by atoms with Crippen molar-refractivity contribution in [2.75, 3.05) is 13.6 Å². The Morgan fingerprint density at radius 2 is 1.57 bits per heavy atom. The fourth-order valence-corrected chi connectivity index (χ4v) is 5.64. The van der Waals surface area contributed by atoms with Crippen molar-refractivity contribution in [3.05, 3.63) is 61.4 Å². The Balaban J connectivity index is 1.15. The molecule has 6 rings (SSSR count). The van der Waals surface area contributed by atoms with Crippen LogP contribution < -0.4 is 0 Å². The van der Waals surface area contributed by atoms with Crippen LogP contribution in [0.5, 0.6) is 0 Å². The first kappa shape index (κ1) is 21.7. The number of amides is 1. The van der Waals surface area contributed by atoms with Gasteiger partial charge in [0.1, 0.15) is 0 Å². The molecule has 0 N–H and O–H groups in total. The van der Waals surface area contributed by atoms with Crippen LogP contribution in [0.1, 0.15) is 38.1 Å². The molecule has 1 amide bonds. The first-order chi connectivity index (χ1) is 17.0. The molecule has 2 aliphatic rings. The second-order valence-corrected chi connectivity index (χ2v) is 10.1. The second kappa shape index (κ2) is 8.45. The number of hydrogen-bond acceptors (Lipinski definition) is 5. The summed E-state index contributed by atoms with van der Waals surface area (Å²) in [5, 5.41) is 8.93. The van der Waals surface area contributed by atoms with Crippen molar-refractivity contribution in [1.82, 2.24) is 34.4 Å². The molecule has 0 unspecified atom stereocenters. The summed E-state index contributed by atoms with van der Waals surface area (Å²) in [5.41, 5.74) is 5.29. The predicted molar refractivity (Wildman–Crippen MR) is 133 cm³/mol. The number of hydrogen-bond donors (Lipinski definition) is 0. The van der Waals surface area contributed by atoms with Gasteiger partial charge < -0.3 is 4.90 Å². The summed E-state index contributed by atoms with van der Waals surface area (Å²) in [6, 6.07) is 8.59. The standard InChI is InChI=1S/C27H29N7O/c1-32-18-27(11-25(32)35)8-6-24(7-9-27)34-17-23(15-31-34)21-12-28-26(29-13-21)20-5-3-4-19(10-20)22-14-30-33(2)16-22/h3-5,10,12-17,24H,6-9,11,18H2,1-2H3. The highest BCUT2D eigenvalue weighted by Crippen LogP contribution is 2.46. The van der Waals surface area contributed by atoms with Crippen LogP contribution in [0.2, 0.25) is 0 Å². The monoisotopic (exact) mass is 467 g/mol. The highest BCUT2D eigenvalue weighted by Gasteiger charge is 2.44. The zero-order chi connectivity index (χ0) is 24.0. The molecule has 178 valence electrons. The maximum atomic E-state index is 12.0. The van der Waals surface area contributed by atoms with Crippen LogP contribution in [0, 0.1) is 5.41 Å². The van der Waals surface area contributed by atoms with Gasteiger partial charge in [0.2, 0.25) is 5.91 Å². The largest absolute Gasteiger partial charge is 0.345 e. The third kappa shape index (κ3) is 4.13. The summed E-state index contributed by atoms with van der Waals surface area (Å²) in [4.78, 5) is 23.2. The molecule has 1 aliphatic carbocycles. The highest BCUT2D eigenvalue weighted by molar-refractivity contribution is 5.79. The van der Waals surface area contributed by atoms with Crippen LogP contribution in [-0.2, 0) is 11.8 Å². The van der Waals surface area contributed by atoms with E-state index in [-0.39, 0.29) is 11.3 Å². The molecule has 1 spiro atoms. The molecule has 0 bridgehead atoms. The molecular weight excluding hydrogens is 438 g/mol. The minimum atomic E-state index is 0.177. The summed E-state index contributed by atoms with van der Waals surface area (Å²) in [6.45, 7) is 0.901. The van der Waals surface area contributed by atoms with Gasteiger partial charge in [-0.25, -0.2) is 9.97 Å². The SMILES string of the molecule is CN1CC2(CCC(n3cc(-c4cnc(-c5cccc(-c6cnn(C)c6)c5)nc4)cn3)CC2)CC1=O. The van der Waals surface area contributed by atoms with Gasteiger partial charge in [0.15, 0.2) is 5.82 Å². The van der Waals surface area contributed by atoms with E-state index in [0.717, 1.165) is 60.0 Å². The third-order valence-electron chi connectivity index (χ3n) is 7.66. The van der Waals surface area contributed by atoms with E-state index in [0.29, 0.717) is 18.3 Å². The van der Waals surface area contributed by atoms with E-state index in [1.165, 1.54) is 0 Å². The van der Waals surface area contributed by atoms with E-state index in [1.807, 2.05) is 62.1 Å². The van der Waals surface area contributed by atoms with Gasteiger partial charge in [-0.05, 0) is 42.7 Å². The first-order valence-corrected chi connectivity index (χ1v) is 12.2. The number of aromatic nitrogens is 6. The maximum Gasteiger partial charge on any atom is 0.222 e. The molecular formula is C27H29N7O. The fraction of sp³-hybridized carbons (Fsp3) is 0.370. The molecule has 1 aromatic carbocycles. The van der Waals surface area contributed by atoms with Crippen LogP contribution in [0.25, 0.3) is 33.6 Å². The molecule has 1 saturated carbocycles. The molecule has 8 nitrogen and oxygen atoms in total. The van der Waals surface area contributed by atoms with E-state index < -0.39 is 0 Å². The minimum Gasteiger partial charge on any atom is -0.345 e. The highest BCUT2D eigenvalue weighted by atomic mass is 16.2. The Bertz CT molecular complexity index is 1360. The van der Waals surface area contributed by atoms with Crippen LogP contribution in [0.3, 0.4) is 0 Å². The summed E-state index contributed by atoms with van der Waals surface area (Å²) in [7, 11) is 3.84. The van der Waals surface area contributed by atoms with E-state index in [1.54, 1.807) is 4.68 Å². The summed E-state index contributed by atoms with van der Waals surface area (Å²) in [6.07, 6.45) is 16.6. The van der Waals surface area contributed by atoms with Crippen molar-refractivity contribution in [1.29, 1.82) is 0 Å². The number of carbonyl (C=O) groups excluding carboxylic acids is 1. The van der Waals surface area contributed by atoms with E-state index in [4.69, 9.17) is 0 Å². The normalized spacial score (nSPS) is 22.3. The van der Waals surface area contributed by atoms with Crippen molar-refractivity contribution in [2.45, 2.75) is 38.1 Å². The lowest BCUT2D eigenvalue weighted by Crippen LogP contribution is -2.31. The number of aryl methyl sites for hydroxylation is 1. The van der Waals surface area contributed by atoms with Crippen molar-refractivity contribution in [3.63, 3.8) is 0 Å². The fourth-order valence-electron chi connectivity index (χ4n) is 5.64. The topological polar surface area (TPSA) is 81.7 Å². The van der Waals surface area contributed by atoms with Gasteiger partial charge in [-0.3, -0.25) is 14.2 Å². The second-order valence-electron chi connectivity index (χ2n) is 10.1. The van der Waals surface area contributed by atoms with Gasteiger partial charge in [-0.1, -0.05) is 18.2 Å². The molecule has 2 fully saturated rings. The molecule has 0 radical (unpaired) electrons. The maximum absolute atomic E-state index is 12.0. The Morgan fingerprint density at radius 1 is 0.857 bits per heavy atom. The average Bonchev–Trinajstić information content (AvgIpc) is 3.60. The van der Waals surface area contributed by atoms with Crippen LogP contribution >= 0.6 is 0 Å². The Morgan fingerprint density at radius 3 is 2.26 bits per heavy atom. The lowest BCUT2D eigenvalue weighted by atomic mass is 9.72. The quantitative estimate of drug-likeness (QED) is 0.445. The molecule has 3 aromatic heterocycles. The third-order valence-corrected chi connectivity index (χ3v) is 7.66. The molecule has 0 atom stereocenters. The van der Waals surface area contributed by atoms with Gasteiger partial charge in [0.25, 0.3) is 0 Å². The van der Waals surface area contributed by atoms with Crippen molar-refractivity contribution >= 4 is 5.91 Å². The van der Waals surface area contributed by atoms with E-state index in [2.05, 4.69) is 43.2 Å². The number of rotatable bonds is 4. The Hall–Kier alpha value is -3.81. The zero-order valence-electron chi connectivity index (χ0n) is 20.1. The molecule has 8 heteroatoms. The Kier molecular flexibility index (Phi) is 5.24. The van der Waals surface area contributed by atoms with E-state index >= 15 is 0 Å². The first-order valence-electron chi connectivity index (χ1n) is 12.2. The molecule has 1 aliphatic heterocycles. The summed E-state index contributed by atoms with van der Waals surface area (Å²) < 4.78 is 3.89. The zero-order valence-corrected chi connectivity index (χ0v) is 20.1. The smallest absolute Gasteiger partial charge is 0.222 e. The van der Waals surface area contributed by atoms with Gasteiger partial charge in [0.05, 0.1) is 18.4 Å². The van der Waals surface area contributed by atoms with E-state index in [9.17, 15) is 4.79 Å². The summed E-state index contributed by atoms with van der Waals surface area (Å²) >= 11 is 0. The number of carbonyl (C=O) groups is 1. The number of likely N-dealkylation sites (tertiary alicyclic amines) is 1. The van der Waals surface area contributed by atoms with Crippen molar-refractivity contribution in [2.24, 2.45) is 12.5 Å². The number of nitrogens with zero attached hydrogens (tertiary/aromatic N) is 7. The van der Waals surface area contributed by atoms with Crippen LogP contribution in [0.15, 0.2) is 61.4 Å². The predicted octanol–water partition coefficient (Wildman–Crippen LogP) is 4.37. The van der Waals surface area contributed by atoms with Crippen LogP contribution in [-0.4, -0.2) is 53.9 Å². The lowest BCUT2D eigenvalue weighted by Gasteiger charge is -2.36. The minimum absolute atomic E-state index is 0.177. The average molecular weight is 468 g/mol.